The molecule has 5 nitrogen and oxygen atoms in total. The Morgan fingerprint density at radius 1 is 1.32 bits per heavy atom. The molecule has 25 heavy (non-hydrogen) atoms. The van der Waals surface area contributed by atoms with Crippen LogP contribution in [0.1, 0.15) is 25.1 Å². The lowest BCUT2D eigenvalue weighted by Gasteiger charge is -2.21. The molecule has 0 aliphatic heterocycles. The molecule has 2 aromatic rings. The van der Waals surface area contributed by atoms with Gasteiger partial charge in [-0.1, -0.05) is 13.8 Å². The van der Waals surface area contributed by atoms with Crippen molar-refractivity contribution in [3.8, 4) is 0 Å². The summed E-state index contributed by atoms with van der Waals surface area (Å²) in [4.78, 5) is 18.6. The van der Waals surface area contributed by atoms with Crippen LogP contribution in [0.3, 0.4) is 0 Å². The second kappa shape index (κ2) is 8.76. The lowest BCUT2D eigenvalue weighted by atomic mass is 10.0. The van der Waals surface area contributed by atoms with Crippen molar-refractivity contribution in [2.45, 2.75) is 27.2 Å². The molecule has 1 aromatic carbocycles. The Balaban J connectivity index is 2.41. The van der Waals surface area contributed by atoms with E-state index in [1.807, 2.05) is 6.92 Å². The average molecular weight is 347 g/mol. The summed E-state index contributed by atoms with van der Waals surface area (Å²) in [5.41, 5.74) is 2.97. The number of fused-ring (bicyclic) bond motifs is 1. The molecule has 0 radical (unpaired) electrons. The van der Waals surface area contributed by atoms with Gasteiger partial charge in [0.15, 0.2) is 0 Å². The van der Waals surface area contributed by atoms with E-state index >= 15 is 0 Å². The van der Waals surface area contributed by atoms with Gasteiger partial charge in [-0.25, -0.2) is 4.39 Å². The van der Waals surface area contributed by atoms with E-state index in [4.69, 9.17) is 4.74 Å². The molecule has 1 N–H and O–H groups in total. The number of anilines is 1. The van der Waals surface area contributed by atoms with Crippen LogP contribution in [0.2, 0.25) is 0 Å². The van der Waals surface area contributed by atoms with Crippen molar-refractivity contribution in [1.82, 2.24) is 9.88 Å². The molecule has 2 rings (SSSR count). The topological polar surface area (TPSA) is 54.5 Å². The predicted molar refractivity (Wildman–Crippen MR) is 98.4 cm³/mol. The zero-order chi connectivity index (χ0) is 18.4. The van der Waals surface area contributed by atoms with Gasteiger partial charge in [-0.3, -0.25) is 9.78 Å². The van der Waals surface area contributed by atoms with Crippen molar-refractivity contribution in [3.05, 3.63) is 35.3 Å². The number of benzene rings is 1. The molecule has 0 aliphatic carbocycles. The Morgan fingerprint density at radius 2 is 2.04 bits per heavy atom. The van der Waals surface area contributed by atoms with Gasteiger partial charge < -0.3 is 15.0 Å². The highest BCUT2D eigenvalue weighted by Gasteiger charge is 2.16. The first-order valence-electron chi connectivity index (χ1n) is 8.61. The highest BCUT2D eigenvalue weighted by Crippen LogP contribution is 2.29. The summed E-state index contributed by atoms with van der Waals surface area (Å²) in [6.07, 6.45) is 0.107. The van der Waals surface area contributed by atoms with E-state index in [0.29, 0.717) is 17.4 Å². The van der Waals surface area contributed by atoms with Crippen molar-refractivity contribution >= 4 is 22.6 Å². The first-order valence-corrected chi connectivity index (χ1v) is 8.61. The third kappa shape index (κ3) is 4.66. The van der Waals surface area contributed by atoms with Crippen LogP contribution in [0.4, 0.5) is 10.1 Å². The lowest BCUT2D eigenvalue weighted by Crippen LogP contribution is -2.29. The van der Waals surface area contributed by atoms with Gasteiger partial charge in [0.2, 0.25) is 0 Å². The zero-order valence-corrected chi connectivity index (χ0v) is 15.4. The fourth-order valence-corrected chi connectivity index (χ4v) is 2.91. The van der Waals surface area contributed by atoms with Crippen molar-refractivity contribution in [3.63, 3.8) is 0 Å². The smallest absolute Gasteiger partial charge is 0.310 e. The molecule has 0 saturated carbocycles. The minimum absolute atomic E-state index is 0.107. The van der Waals surface area contributed by atoms with Crippen LogP contribution >= 0.6 is 0 Å². The summed E-state index contributed by atoms with van der Waals surface area (Å²) in [5.74, 6) is -0.665. The van der Waals surface area contributed by atoms with Crippen LogP contribution in [-0.2, 0) is 16.0 Å². The second-order valence-corrected chi connectivity index (χ2v) is 5.92. The first kappa shape index (κ1) is 19.1. The number of methoxy groups -OCH3 is 1. The van der Waals surface area contributed by atoms with E-state index in [2.05, 4.69) is 29.0 Å². The van der Waals surface area contributed by atoms with Crippen LogP contribution in [0.15, 0.2) is 18.2 Å². The van der Waals surface area contributed by atoms with Gasteiger partial charge in [0, 0.05) is 35.4 Å². The van der Waals surface area contributed by atoms with Crippen LogP contribution in [0.5, 0.6) is 0 Å². The number of rotatable bonds is 8. The molecule has 1 heterocycles. The second-order valence-electron chi connectivity index (χ2n) is 5.92. The van der Waals surface area contributed by atoms with Crippen LogP contribution < -0.4 is 5.32 Å². The zero-order valence-electron chi connectivity index (χ0n) is 15.4. The summed E-state index contributed by atoms with van der Waals surface area (Å²) in [5, 5.41) is 4.08. The van der Waals surface area contributed by atoms with E-state index in [1.54, 1.807) is 6.07 Å². The van der Waals surface area contributed by atoms with Crippen molar-refractivity contribution < 1.29 is 13.9 Å². The Morgan fingerprint density at radius 3 is 2.68 bits per heavy atom. The van der Waals surface area contributed by atoms with Crippen molar-refractivity contribution in [2.24, 2.45) is 0 Å². The minimum Gasteiger partial charge on any atom is -0.469 e. The number of hydrogen-bond acceptors (Lipinski definition) is 5. The molecule has 0 unspecified atom stereocenters. The predicted octanol–water partition coefficient (Wildman–Crippen LogP) is 3.15. The number of carbonyl (C=O) groups is 1. The fourth-order valence-electron chi connectivity index (χ4n) is 2.91. The molecule has 0 atom stereocenters. The van der Waals surface area contributed by atoms with Gasteiger partial charge in [0.1, 0.15) is 5.82 Å². The Kier molecular flexibility index (Phi) is 6.70. The molecular weight excluding hydrogens is 321 g/mol. The number of carbonyl (C=O) groups excluding carboxylic acids is 1. The molecule has 1 aromatic heterocycles. The van der Waals surface area contributed by atoms with E-state index in [1.165, 1.54) is 19.2 Å². The van der Waals surface area contributed by atoms with Crippen molar-refractivity contribution in [2.75, 3.05) is 38.6 Å². The number of esters is 1. The number of ether oxygens (including phenoxy) is 1. The third-order valence-electron chi connectivity index (χ3n) is 4.43. The maximum Gasteiger partial charge on any atom is 0.310 e. The normalized spacial score (nSPS) is 11.1. The maximum absolute atomic E-state index is 13.8. The number of aryl methyl sites for hydroxylation is 1. The number of hydrogen-bond donors (Lipinski definition) is 1. The lowest BCUT2D eigenvalue weighted by molar-refractivity contribution is -0.139. The van der Waals surface area contributed by atoms with Gasteiger partial charge in [-0.2, -0.15) is 0 Å². The summed E-state index contributed by atoms with van der Waals surface area (Å²) in [6, 6.07) is 4.52. The first-order chi connectivity index (χ1) is 12.0. The maximum atomic E-state index is 13.8. The van der Waals surface area contributed by atoms with Gasteiger partial charge >= 0.3 is 5.97 Å². The number of nitrogens with one attached hydrogen (secondary N) is 1. The van der Waals surface area contributed by atoms with Gasteiger partial charge in [0.05, 0.1) is 19.0 Å². The molecular formula is C19H26FN3O2. The molecule has 0 amide bonds. The number of nitrogens with zero attached hydrogens (tertiary/aromatic N) is 2. The Bertz CT molecular complexity index is 745. The highest BCUT2D eigenvalue weighted by molar-refractivity contribution is 5.95. The highest BCUT2D eigenvalue weighted by atomic mass is 19.1. The average Bonchev–Trinajstić information content (AvgIpc) is 2.61. The quantitative estimate of drug-likeness (QED) is 0.744. The molecule has 0 bridgehead atoms. The molecule has 0 spiro atoms. The molecule has 0 aliphatic rings. The molecule has 136 valence electrons. The van der Waals surface area contributed by atoms with Crippen LogP contribution in [0.25, 0.3) is 10.9 Å². The van der Waals surface area contributed by atoms with E-state index in [9.17, 15) is 9.18 Å². The monoisotopic (exact) mass is 347 g/mol. The summed E-state index contributed by atoms with van der Waals surface area (Å²) >= 11 is 0. The Labute approximate surface area is 148 Å². The third-order valence-corrected chi connectivity index (χ3v) is 4.43. The summed E-state index contributed by atoms with van der Waals surface area (Å²) < 4.78 is 18.6. The molecule has 0 fully saturated rings. The number of likely N-dealkylation sites (N-methyl/N-ethyl adjacent to an activating group) is 1. The molecule has 6 heteroatoms. The fraction of sp³-hybridized carbons (Fsp3) is 0.474. The van der Waals surface area contributed by atoms with Gasteiger partial charge in [-0.05, 0) is 38.2 Å². The SMILES string of the molecule is CCN(CC)CCNc1c(CC(=O)OC)c(C)nc2ccc(F)cc12. The number of pyridine rings is 1. The van der Waals surface area contributed by atoms with E-state index < -0.39 is 0 Å². The van der Waals surface area contributed by atoms with Gasteiger partial charge in [-0.15, -0.1) is 0 Å². The van der Waals surface area contributed by atoms with Crippen LogP contribution in [0, 0.1) is 12.7 Å². The van der Waals surface area contributed by atoms with E-state index in [-0.39, 0.29) is 18.2 Å². The van der Waals surface area contributed by atoms with E-state index in [0.717, 1.165) is 36.6 Å². The van der Waals surface area contributed by atoms with Crippen molar-refractivity contribution in [1.29, 1.82) is 0 Å². The number of halogens is 1. The molecule has 0 saturated heterocycles. The summed E-state index contributed by atoms with van der Waals surface area (Å²) in [6.45, 7) is 9.60. The number of aromatic nitrogens is 1. The summed E-state index contributed by atoms with van der Waals surface area (Å²) in [7, 11) is 1.36. The van der Waals surface area contributed by atoms with Crippen LogP contribution in [-0.4, -0.2) is 49.1 Å². The minimum atomic E-state index is -0.340. The largest absolute Gasteiger partial charge is 0.469 e. The Hall–Kier alpha value is -2.21. The van der Waals surface area contributed by atoms with Gasteiger partial charge in [0.25, 0.3) is 0 Å². The standard InChI is InChI=1S/C19H26FN3O2/c1-5-23(6-2)10-9-21-19-15(12-18(24)25-4)13(3)22-17-8-7-14(20)11-16(17)19/h7-8,11H,5-6,9-10,12H2,1-4H3,(H,21,22).